The standard InChI is InChI=1S/AsH3O4.HNO3/c2-1(3,4)5;2-1(3)4/h(H3,2,3,4,5);(H,2,3,4). The van der Waals surface area contributed by atoms with E-state index in [2.05, 4.69) is 0 Å². The van der Waals surface area contributed by atoms with Gasteiger partial charge in [0.15, 0.2) is 0 Å². The quantitative estimate of drug-likeness (QED) is 0.194. The normalized spacial score (nSPS) is 9.22. The molecule has 0 saturated carbocycles. The molecule has 0 atom stereocenters. The summed E-state index contributed by atoms with van der Waals surface area (Å²) in [6.45, 7) is 0. The molecule has 0 saturated heterocycles. The van der Waals surface area contributed by atoms with Crippen LogP contribution < -0.4 is 0 Å². The molecule has 4 N–H and O–H groups in total. The van der Waals surface area contributed by atoms with Crippen molar-refractivity contribution in [1.29, 1.82) is 0 Å². The van der Waals surface area contributed by atoms with Crippen LogP contribution in [0.15, 0.2) is 0 Å². The fourth-order valence-electron chi connectivity index (χ4n) is 0. The van der Waals surface area contributed by atoms with Crippen LogP contribution in [0.4, 0.5) is 0 Å². The van der Waals surface area contributed by atoms with E-state index in [0.717, 1.165) is 0 Å². The summed E-state index contributed by atoms with van der Waals surface area (Å²) in [6.07, 6.45) is 0. The second kappa shape index (κ2) is 4.33. The van der Waals surface area contributed by atoms with Gasteiger partial charge in [-0.25, -0.2) is 0 Å². The van der Waals surface area contributed by atoms with Gasteiger partial charge in [0.05, 0.1) is 0 Å². The fraction of sp³-hybridized carbons (Fsp3) is 0. The zero-order chi connectivity index (χ0) is 8.08. The monoisotopic (exact) mass is 205 g/mol. The summed E-state index contributed by atoms with van der Waals surface area (Å²) >= 11 is -5.12. The Bertz CT molecular complexity index is 109. The van der Waals surface area contributed by atoms with E-state index in [4.69, 9.17) is 31.3 Å². The molecule has 0 radical (unpaired) electrons. The van der Waals surface area contributed by atoms with E-state index in [1.807, 2.05) is 0 Å². The minimum Gasteiger partial charge on any atom is -0.328 e. The average molecular weight is 205 g/mol. The van der Waals surface area contributed by atoms with Crippen molar-refractivity contribution in [2.24, 2.45) is 0 Å². The maximum atomic E-state index is 8.94. The Balaban J connectivity index is 0. The van der Waals surface area contributed by atoms with Gasteiger partial charge in [-0.2, -0.15) is 0 Å². The molecular formula is H4AsNO7. The average Bonchev–Trinajstić information content (AvgIpc) is 1.19. The summed E-state index contributed by atoms with van der Waals surface area (Å²) < 4.78 is 30.7. The molecule has 0 aromatic heterocycles. The molecule has 0 spiro atoms. The van der Waals surface area contributed by atoms with Gasteiger partial charge in [0, 0.05) is 0 Å². The Labute approximate surface area is 51.8 Å². The van der Waals surface area contributed by atoms with Crippen molar-refractivity contribution in [3.63, 3.8) is 0 Å². The molecule has 0 bridgehead atoms. The van der Waals surface area contributed by atoms with Gasteiger partial charge in [0.25, 0.3) is 5.09 Å². The first-order valence-electron chi connectivity index (χ1n) is 1.35. The molecule has 0 aliphatic carbocycles. The van der Waals surface area contributed by atoms with Gasteiger partial charge in [-0.05, 0) is 0 Å². The predicted molar refractivity (Wildman–Crippen MR) is 21.9 cm³/mol. The zero-order valence-electron chi connectivity index (χ0n) is 3.91. The molecule has 0 amide bonds. The third-order valence-corrected chi connectivity index (χ3v) is 0. The SMILES string of the molecule is O=[As](O)(O)O.O=[N+]([O-])O. The van der Waals surface area contributed by atoms with Crippen LogP contribution in [0.1, 0.15) is 0 Å². The van der Waals surface area contributed by atoms with Crippen LogP contribution in [-0.4, -0.2) is 37.1 Å². The van der Waals surface area contributed by atoms with E-state index < -0.39 is 19.6 Å². The molecular weight excluding hydrogens is 201 g/mol. The Morgan fingerprint density at radius 1 is 1.33 bits per heavy atom. The summed E-state index contributed by atoms with van der Waals surface area (Å²) in [7, 11) is 0. The van der Waals surface area contributed by atoms with Gasteiger partial charge in [0.1, 0.15) is 0 Å². The Hall–Kier alpha value is -0.562. The van der Waals surface area contributed by atoms with Crippen LogP contribution in [0.25, 0.3) is 0 Å². The summed E-state index contributed by atoms with van der Waals surface area (Å²) in [5.74, 6) is 0. The Kier molecular flexibility index (Phi) is 5.42. The summed E-state index contributed by atoms with van der Waals surface area (Å²) in [4.78, 5) is 8.36. The van der Waals surface area contributed by atoms with Gasteiger partial charge < -0.3 is 5.21 Å². The predicted octanol–water partition coefficient (Wildman–Crippen LogP) is -2.52. The van der Waals surface area contributed by atoms with Crippen molar-refractivity contribution in [3.05, 3.63) is 10.1 Å². The van der Waals surface area contributed by atoms with Crippen LogP contribution in [0.2, 0.25) is 0 Å². The fourth-order valence-corrected chi connectivity index (χ4v) is 0. The van der Waals surface area contributed by atoms with Gasteiger partial charge in [-0.1, -0.05) is 0 Å². The third-order valence-electron chi connectivity index (χ3n) is 0. The van der Waals surface area contributed by atoms with Crippen LogP contribution in [-0.2, 0) is 3.74 Å². The summed E-state index contributed by atoms with van der Waals surface area (Å²) in [5.41, 5.74) is 0. The van der Waals surface area contributed by atoms with Gasteiger partial charge in [0.2, 0.25) is 0 Å². The molecule has 0 rings (SSSR count). The van der Waals surface area contributed by atoms with Crippen LogP contribution in [0, 0.1) is 10.1 Å². The molecule has 0 aromatic rings. The molecule has 0 unspecified atom stereocenters. The van der Waals surface area contributed by atoms with Crippen molar-refractivity contribution in [3.8, 4) is 0 Å². The Morgan fingerprint density at radius 3 is 1.33 bits per heavy atom. The molecule has 0 heterocycles. The second-order valence-corrected chi connectivity index (χ2v) is 2.90. The van der Waals surface area contributed by atoms with E-state index in [9.17, 15) is 0 Å². The number of nitrogens with zero attached hydrogens (tertiary/aromatic N) is 1. The zero-order valence-corrected chi connectivity index (χ0v) is 5.78. The van der Waals surface area contributed by atoms with Gasteiger partial charge in [-0.3, -0.25) is 0 Å². The van der Waals surface area contributed by atoms with Crippen LogP contribution in [0.3, 0.4) is 0 Å². The minimum atomic E-state index is -5.12. The van der Waals surface area contributed by atoms with E-state index >= 15 is 0 Å². The third kappa shape index (κ3) is 698. The van der Waals surface area contributed by atoms with Gasteiger partial charge >= 0.3 is 30.5 Å². The van der Waals surface area contributed by atoms with Crippen molar-refractivity contribution in [2.45, 2.75) is 0 Å². The van der Waals surface area contributed by atoms with E-state index in [1.54, 1.807) is 0 Å². The minimum absolute atomic E-state index is 1.50. The van der Waals surface area contributed by atoms with E-state index in [0.29, 0.717) is 0 Å². The number of hydrogen-bond acceptors (Lipinski definition) is 3. The summed E-state index contributed by atoms with van der Waals surface area (Å²) in [6, 6.07) is 0. The van der Waals surface area contributed by atoms with Crippen molar-refractivity contribution >= 4 is 14.5 Å². The largest absolute Gasteiger partial charge is 0.328 e. The van der Waals surface area contributed by atoms with Crippen LogP contribution >= 0.6 is 0 Å². The molecule has 56 valence electrons. The first kappa shape index (κ1) is 11.3. The smallest absolute Gasteiger partial charge is 0.291 e. The first-order valence-corrected chi connectivity index (χ1v) is 4.63. The Morgan fingerprint density at radius 2 is 1.33 bits per heavy atom. The molecule has 9 heavy (non-hydrogen) atoms. The maximum Gasteiger partial charge on any atom is 0.291 e. The molecule has 0 fully saturated rings. The van der Waals surface area contributed by atoms with Crippen molar-refractivity contribution in [2.75, 3.05) is 0 Å². The maximum absolute atomic E-state index is 8.94. The molecule has 9 heteroatoms. The first-order chi connectivity index (χ1) is 3.73. The molecule has 0 aliphatic heterocycles. The van der Waals surface area contributed by atoms with Crippen LogP contribution in [0.5, 0.6) is 0 Å². The molecule has 0 aromatic carbocycles. The summed E-state index contributed by atoms with van der Waals surface area (Å²) in [5, 5.41) is 13.6. The number of hydrogen-bond donors (Lipinski definition) is 4. The molecule has 8 nitrogen and oxygen atoms in total. The van der Waals surface area contributed by atoms with Crippen molar-refractivity contribution < 1.29 is 26.3 Å². The van der Waals surface area contributed by atoms with Crippen molar-refractivity contribution in [1.82, 2.24) is 0 Å². The topological polar surface area (TPSA) is 141 Å². The van der Waals surface area contributed by atoms with E-state index in [-0.39, 0.29) is 0 Å². The molecule has 0 aliphatic rings. The van der Waals surface area contributed by atoms with Gasteiger partial charge in [-0.15, -0.1) is 10.1 Å². The number of rotatable bonds is 0. The van der Waals surface area contributed by atoms with E-state index in [1.165, 1.54) is 0 Å². The second-order valence-electron chi connectivity index (χ2n) is 0.751.